The van der Waals surface area contributed by atoms with E-state index in [4.69, 9.17) is 21.1 Å². The van der Waals surface area contributed by atoms with E-state index in [1.807, 2.05) is 43.4 Å². The van der Waals surface area contributed by atoms with Crippen molar-refractivity contribution in [2.24, 2.45) is 0 Å². The summed E-state index contributed by atoms with van der Waals surface area (Å²) in [6.07, 6.45) is -0.964. The smallest absolute Gasteiger partial charge is 0.303 e. The number of thioether (sulfide) groups is 1. The van der Waals surface area contributed by atoms with Crippen molar-refractivity contribution in [2.75, 3.05) is 32.1 Å². The summed E-state index contributed by atoms with van der Waals surface area (Å²) in [5.74, 6) is -0.0494. The third-order valence-corrected chi connectivity index (χ3v) is 6.16. The first kappa shape index (κ1) is 24.5. The molecule has 2 atom stereocenters. The van der Waals surface area contributed by atoms with Gasteiger partial charge in [0.1, 0.15) is 5.75 Å². The summed E-state index contributed by atoms with van der Waals surface area (Å²) in [6.45, 7) is 2.35. The number of hydrogen-bond donors (Lipinski definition) is 1. The number of ether oxygens (including phenoxy) is 2. The van der Waals surface area contributed by atoms with Gasteiger partial charge in [-0.1, -0.05) is 23.7 Å². The number of fused-ring (bicyclic) bond motifs is 1. The van der Waals surface area contributed by atoms with Gasteiger partial charge in [0.25, 0.3) is 5.91 Å². The van der Waals surface area contributed by atoms with E-state index in [-0.39, 0.29) is 22.9 Å². The maximum Gasteiger partial charge on any atom is 0.303 e. The Morgan fingerprint density at radius 1 is 1.23 bits per heavy atom. The van der Waals surface area contributed by atoms with E-state index in [1.165, 1.54) is 18.7 Å². The van der Waals surface area contributed by atoms with Gasteiger partial charge in [-0.3, -0.25) is 9.59 Å². The number of carbonyl (C=O) groups excluding carboxylic acids is 2. The van der Waals surface area contributed by atoms with Gasteiger partial charge in [-0.25, -0.2) is 0 Å². The number of hydrogen-bond acceptors (Lipinski definition) is 6. The van der Waals surface area contributed by atoms with Crippen LogP contribution in [0.2, 0.25) is 5.02 Å². The van der Waals surface area contributed by atoms with Crippen LogP contribution in [0.25, 0.3) is 0 Å². The summed E-state index contributed by atoms with van der Waals surface area (Å²) in [6, 6.07) is 12.9. The highest BCUT2D eigenvalue weighted by Gasteiger charge is 2.40. The number of likely N-dealkylation sites (N-methyl/N-ethyl adjacent to an activating group) is 1. The van der Waals surface area contributed by atoms with Crippen molar-refractivity contribution in [3.8, 4) is 5.75 Å². The Kier molecular flexibility index (Phi) is 9.03. The number of benzene rings is 2. The fourth-order valence-corrected chi connectivity index (χ4v) is 4.78. The van der Waals surface area contributed by atoms with Crippen LogP contribution < -0.4 is 15.0 Å². The van der Waals surface area contributed by atoms with Crippen LogP contribution in [-0.2, 0) is 14.3 Å². The van der Waals surface area contributed by atoms with Crippen molar-refractivity contribution in [3.63, 3.8) is 0 Å². The van der Waals surface area contributed by atoms with Crippen LogP contribution >= 0.6 is 40.3 Å². The highest BCUT2D eigenvalue weighted by Crippen LogP contribution is 2.47. The second-order valence-corrected chi connectivity index (χ2v) is 8.17. The number of amides is 1. The lowest BCUT2D eigenvalue weighted by atomic mass is 10.1. The zero-order chi connectivity index (χ0) is 21.0. The molecule has 0 bridgehead atoms. The van der Waals surface area contributed by atoms with Crippen molar-refractivity contribution in [2.45, 2.75) is 23.2 Å². The summed E-state index contributed by atoms with van der Waals surface area (Å²) >= 11 is 7.71. The fraction of sp³-hybridized carbons (Fsp3) is 0.333. The van der Waals surface area contributed by atoms with Gasteiger partial charge < -0.3 is 19.7 Å². The number of rotatable bonds is 6. The molecule has 1 aliphatic rings. The van der Waals surface area contributed by atoms with Crippen molar-refractivity contribution < 1.29 is 19.1 Å². The molecule has 0 spiro atoms. The molecule has 0 aliphatic carbocycles. The zero-order valence-electron chi connectivity index (χ0n) is 16.9. The Balaban J connectivity index is 0.00000320. The Bertz CT molecular complexity index is 897. The molecule has 1 heterocycles. The van der Waals surface area contributed by atoms with Crippen LogP contribution in [-0.4, -0.2) is 45.2 Å². The molecule has 3 rings (SSSR count). The highest BCUT2D eigenvalue weighted by atomic mass is 79.9. The average Bonchev–Trinajstić information content (AvgIpc) is 2.81. The minimum Gasteiger partial charge on any atom is -0.497 e. The van der Waals surface area contributed by atoms with Gasteiger partial charge in [0, 0.05) is 29.9 Å². The van der Waals surface area contributed by atoms with E-state index in [0.29, 0.717) is 23.9 Å². The molecule has 30 heavy (non-hydrogen) atoms. The molecular weight excluding hydrogens is 492 g/mol. The summed E-state index contributed by atoms with van der Waals surface area (Å²) in [7, 11) is 3.42. The van der Waals surface area contributed by atoms with E-state index in [0.717, 1.165) is 16.1 Å². The minimum atomic E-state index is -0.964. The third-order valence-electron chi connectivity index (χ3n) is 4.57. The van der Waals surface area contributed by atoms with E-state index in [2.05, 4.69) is 5.32 Å². The molecule has 0 fully saturated rings. The maximum absolute atomic E-state index is 13.5. The van der Waals surface area contributed by atoms with Crippen LogP contribution in [0.3, 0.4) is 0 Å². The minimum absolute atomic E-state index is 0. The highest BCUT2D eigenvalue weighted by molar-refractivity contribution is 8.93. The number of carbonyl (C=O) groups is 2. The molecule has 2 unspecified atom stereocenters. The number of anilines is 1. The lowest BCUT2D eigenvalue weighted by Gasteiger charge is -2.27. The number of halogens is 2. The van der Waals surface area contributed by atoms with Crippen molar-refractivity contribution in [1.29, 1.82) is 0 Å². The molecule has 0 saturated heterocycles. The topological polar surface area (TPSA) is 67.9 Å². The van der Waals surface area contributed by atoms with E-state index in [9.17, 15) is 9.59 Å². The second-order valence-electron chi connectivity index (χ2n) is 6.55. The van der Waals surface area contributed by atoms with Crippen LogP contribution in [0.5, 0.6) is 5.75 Å². The van der Waals surface area contributed by atoms with Gasteiger partial charge in [-0.2, -0.15) is 0 Å². The normalized spacial score (nSPS) is 18.1. The number of esters is 1. The predicted octanol–water partition coefficient (Wildman–Crippen LogP) is 4.26. The Labute approximate surface area is 196 Å². The quantitative estimate of drug-likeness (QED) is 0.580. The van der Waals surface area contributed by atoms with Crippen molar-refractivity contribution in [3.05, 3.63) is 53.1 Å². The zero-order valence-corrected chi connectivity index (χ0v) is 20.2. The van der Waals surface area contributed by atoms with Gasteiger partial charge in [-0.05, 0) is 42.9 Å². The number of nitrogens with zero attached hydrogens (tertiary/aromatic N) is 1. The number of nitrogens with one attached hydrogen (secondary N) is 1. The molecule has 6 nitrogen and oxygen atoms in total. The molecule has 162 valence electrons. The van der Waals surface area contributed by atoms with E-state index < -0.39 is 17.3 Å². The maximum atomic E-state index is 13.5. The third kappa shape index (κ3) is 5.49. The molecule has 2 aromatic carbocycles. The lowest BCUT2D eigenvalue weighted by molar-refractivity contribution is -0.152. The summed E-state index contributed by atoms with van der Waals surface area (Å²) in [5.41, 5.74) is 1.62. The lowest BCUT2D eigenvalue weighted by Crippen LogP contribution is -2.45. The fourth-order valence-electron chi connectivity index (χ4n) is 3.19. The second kappa shape index (κ2) is 11.0. The molecule has 9 heteroatoms. The standard InChI is InChI=1S/C21H23ClN2O4S.BrH/c1-13(25)28-19-20(14-4-7-16(27-3)8-5-14)29-18-12-15(22)6-9-17(18)24(21(19)26)11-10-23-2;/h4-9,12,19-20,23H,10-11H2,1-3H3;1H. The Hall–Kier alpha value is -1.74. The molecule has 0 radical (unpaired) electrons. The van der Waals surface area contributed by atoms with E-state index >= 15 is 0 Å². The molecule has 1 N–H and O–H groups in total. The van der Waals surface area contributed by atoms with Crippen molar-refractivity contribution in [1.82, 2.24) is 5.32 Å². The van der Waals surface area contributed by atoms with E-state index in [1.54, 1.807) is 18.1 Å². The van der Waals surface area contributed by atoms with Crippen molar-refractivity contribution >= 4 is 57.9 Å². The van der Waals surface area contributed by atoms with Gasteiger partial charge in [-0.15, -0.1) is 28.7 Å². The SMILES string of the molecule is Br.CNCCN1C(=O)C(OC(C)=O)C(c2ccc(OC)cc2)Sc2cc(Cl)ccc21. The Morgan fingerprint density at radius 3 is 2.53 bits per heavy atom. The molecule has 2 aromatic rings. The average molecular weight is 516 g/mol. The van der Waals surface area contributed by atoms with Gasteiger partial charge in [0.2, 0.25) is 0 Å². The van der Waals surface area contributed by atoms with Crippen LogP contribution in [0.4, 0.5) is 5.69 Å². The first-order chi connectivity index (χ1) is 13.9. The van der Waals surface area contributed by atoms with Gasteiger partial charge in [0.15, 0.2) is 6.10 Å². The predicted molar refractivity (Wildman–Crippen MR) is 125 cm³/mol. The van der Waals surface area contributed by atoms with Crippen LogP contribution in [0.1, 0.15) is 17.7 Å². The number of methoxy groups -OCH3 is 1. The van der Waals surface area contributed by atoms with Gasteiger partial charge >= 0.3 is 5.97 Å². The molecule has 0 saturated carbocycles. The first-order valence-electron chi connectivity index (χ1n) is 9.18. The molecule has 0 aromatic heterocycles. The summed E-state index contributed by atoms with van der Waals surface area (Å²) in [5, 5.41) is 3.22. The Morgan fingerprint density at radius 2 is 1.93 bits per heavy atom. The largest absolute Gasteiger partial charge is 0.497 e. The summed E-state index contributed by atoms with van der Waals surface area (Å²) in [4.78, 5) is 27.8. The molecule has 1 aliphatic heterocycles. The van der Waals surface area contributed by atoms with Crippen LogP contribution in [0, 0.1) is 0 Å². The molecule has 1 amide bonds. The van der Waals surface area contributed by atoms with Gasteiger partial charge in [0.05, 0.1) is 18.0 Å². The monoisotopic (exact) mass is 514 g/mol. The summed E-state index contributed by atoms with van der Waals surface area (Å²) < 4.78 is 10.8. The molecular formula is C21H24BrClN2O4S. The van der Waals surface area contributed by atoms with Crippen LogP contribution in [0.15, 0.2) is 47.4 Å². The first-order valence-corrected chi connectivity index (χ1v) is 10.4.